The van der Waals surface area contributed by atoms with Gasteiger partial charge in [0.05, 0.1) is 30.1 Å². The van der Waals surface area contributed by atoms with Crippen LogP contribution in [0.3, 0.4) is 0 Å². The van der Waals surface area contributed by atoms with Gasteiger partial charge in [-0.2, -0.15) is 21.6 Å². The first kappa shape index (κ1) is 30.4. The number of fused-ring (bicyclic) bond motifs is 2. The zero-order valence-corrected chi connectivity index (χ0v) is 24.7. The van der Waals surface area contributed by atoms with Crippen LogP contribution in [0.1, 0.15) is 38.1 Å². The Labute approximate surface area is 248 Å². The highest BCUT2D eigenvalue weighted by Crippen LogP contribution is 2.41. The highest BCUT2D eigenvalue weighted by molar-refractivity contribution is 7.85. The molecule has 0 bridgehead atoms. The normalized spacial score (nSPS) is 14.7. The van der Waals surface area contributed by atoms with E-state index < -0.39 is 27.6 Å². The molecule has 3 aromatic carbocycles. The summed E-state index contributed by atoms with van der Waals surface area (Å²) in [5, 5.41) is 0. The fourth-order valence-corrected chi connectivity index (χ4v) is 5.99. The van der Waals surface area contributed by atoms with Crippen molar-refractivity contribution < 1.29 is 35.4 Å². The number of aryl methyl sites for hydroxylation is 2. The first-order chi connectivity index (χ1) is 20.5. The van der Waals surface area contributed by atoms with Crippen LogP contribution in [0.4, 0.5) is 18.9 Å². The molecule has 1 aliphatic heterocycles. The van der Waals surface area contributed by atoms with E-state index in [1.165, 1.54) is 6.07 Å². The molecule has 1 aromatic heterocycles. The molecule has 5 rings (SSSR count). The van der Waals surface area contributed by atoms with Crippen LogP contribution in [0.15, 0.2) is 84.8 Å². The Kier molecular flexibility index (Phi) is 8.66. The number of aromatic nitrogens is 2. The van der Waals surface area contributed by atoms with Crippen molar-refractivity contribution in [2.24, 2.45) is 0 Å². The topological polar surface area (TPSA) is 75.7 Å². The largest absolute Gasteiger partial charge is 0.439 e. The number of alkyl halides is 3. The number of hydrogen-bond donors (Lipinski definition) is 1. The summed E-state index contributed by atoms with van der Waals surface area (Å²) in [4.78, 5) is 2.06. The molecule has 4 aromatic rings. The fraction of sp³-hybridized carbons (Fsp3) is 0.281. The van der Waals surface area contributed by atoms with Crippen molar-refractivity contribution in [3.05, 3.63) is 96.2 Å². The van der Waals surface area contributed by atoms with Gasteiger partial charge in [-0.3, -0.25) is 4.55 Å². The maximum atomic E-state index is 13.6. The predicted molar refractivity (Wildman–Crippen MR) is 161 cm³/mol. The summed E-state index contributed by atoms with van der Waals surface area (Å²) in [5.41, 5.74) is 3.37. The molecule has 1 N–H and O–H groups in total. The second-order valence-corrected chi connectivity index (χ2v) is 11.8. The van der Waals surface area contributed by atoms with Crippen LogP contribution in [0.5, 0.6) is 5.75 Å². The maximum absolute atomic E-state index is 13.6. The van der Waals surface area contributed by atoms with Gasteiger partial charge in [0, 0.05) is 18.7 Å². The van der Waals surface area contributed by atoms with Gasteiger partial charge >= 0.3 is 6.18 Å². The van der Waals surface area contributed by atoms with Crippen LogP contribution in [0.25, 0.3) is 28.2 Å². The highest BCUT2D eigenvalue weighted by atomic mass is 32.2. The lowest BCUT2D eigenvalue weighted by molar-refractivity contribution is -0.670. The van der Waals surface area contributed by atoms with Gasteiger partial charge in [-0.05, 0) is 74.2 Å². The molecule has 1 aliphatic rings. The molecule has 43 heavy (non-hydrogen) atoms. The number of imidazole rings is 1. The number of allylic oxidation sites excluding steroid dienone is 2. The molecular formula is C32H33F3N3O4S+. The molecule has 2 heterocycles. The van der Waals surface area contributed by atoms with E-state index in [0.29, 0.717) is 42.3 Å². The van der Waals surface area contributed by atoms with Crippen LogP contribution < -0.4 is 14.2 Å². The third-order valence-electron chi connectivity index (χ3n) is 7.43. The Hall–Kier alpha value is -4.09. The lowest BCUT2D eigenvalue weighted by Gasteiger charge is -2.15. The number of hydrogen-bond acceptors (Lipinski definition) is 4. The minimum absolute atomic E-state index is 0.166. The summed E-state index contributed by atoms with van der Waals surface area (Å²) >= 11 is 0. The molecule has 0 radical (unpaired) electrons. The summed E-state index contributed by atoms with van der Waals surface area (Å²) in [6, 6.07) is 19.8. The summed E-state index contributed by atoms with van der Waals surface area (Å²) in [7, 11) is -4.13. The standard InChI is InChI=1S/C32H32F3N3O4S/c1-3-36-26-17-16-25(32(33,34)35)22-27(26)38(19-8-9-20-43(39,40)41)30(36)13-10-14-31-37(4-2)28-21-24(15-18-29(28)42-31)23-11-6-5-7-12-23/h5-7,10-18,21-22H,3-4,8-9,19-20H2,1-2H3/p+1. The van der Waals surface area contributed by atoms with E-state index in [0.717, 1.165) is 34.7 Å². The van der Waals surface area contributed by atoms with Crippen molar-refractivity contribution in [1.29, 1.82) is 0 Å². The molecule has 0 fully saturated rings. The second-order valence-electron chi connectivity index (χ2n) is 10.2. The molecule has 0 aliphatic carbocycles. The number of anilines is 1. The van der Waals surface area contributed by atoms with E-state index >= 15 is 0 Å². The Balaban J connectivity index is 1.49. The monoisotopic (exact) mass is 612 g/mol. The zero-order valence-electron chi connectivity index (χ0n) is 23.9. The highest BCUT2D eigenvalue weighted by Gasteiger charge is 2.33. The van der Waals surface area contributed by atoms with Gasteiger partial charge in [0.2, 0.25) is 5.88 Å². The van der Waals surface area contributed by atoms with Gasteiger partial charge in [0.1, 0.15) is 0 Å². The summed E-state index contributed by atoms with van der Waals surface area (Å²) < 4.78 is 82.2. The predicted octanol–water partition coefficient (Wildman–Crippen LogP) is 7.08. The molecule has 0 amide bonds. The van der Waals surface area contributed by atoms with Crippen LogP contribution in [0, 0.1) is 0 Å². The quantitative estimate of drug-likeness (QED) is 0.118. The number of unbranched alkanes of at least 4 members (excludes halogenated alkanes) is 1. The SMILES string of the molecule is CCN1/C(=C\C=C\c2n(CCCCS(=O)(=O)O)c3cc(C(F)(F)F)ccc3[n+]2CC)Oc2ccc(-c3ccccc3)cc21. The molecule has 0 unspecified atom stereocenters. The third-order valence-corrected chi connectivity index (χ3v) is 8.23. The van der Waals surface area contributed by atoms with Gasteiger partial charge in [-0.15, -0.1) is 0 Å². The van der Waals surface area contributed by atoms with Crippen molar-refractivity contribution in [2.75, 3.05) is 17.2 Å². The number of ether oxygens (including phenoxy) is 1. The summed E-state index contributed by atoms with van der Waals surface area (Å²) in [5.74, 6) is 1.60. The average molecular weight is 613 g/mol. The van der Waals surface area contributed by atoms with E-state index in [1.807, 2.05) is 67.0 Å². The number of halogens is 3. The van der Waals surface area contributed by atoms with Crippen molar-refractivity contribution >= 4 is 32.9 Å². The minimum atomic E-state index is -4.51. The van der Waals surface area contributed by atoms with Gasteiger partial charge < -0.3 is 9.64 Å². The van der Waals surface area contributed by atoms with Crippen molar-refractivity contribution in [3.63, 3.8) is 0 Å². The lowest BCUT2D eigenvalue weighted by atomic mass is 10.0. The minimum Gasteiger partial charge on any atom is -0.439 e. The second kappa shape index (κ2) is 12.3. The van der Waals surface area contributed by atoms with E-state index in [1.54, 1.807) is 4.57 Å². The van der Waals surface area contributed by atoms with Crippen LogP contribution in [-0.2, 0) is 29.4 Å². The Bertz CT molecular complexity index is 1800. The van der Waals surface area contributed by atoms with Crippen molar-refractivity contribution in [2.45, 2.75) is 46.0 Å². The maximum Gasteiger partial charge on any atom is 0.416 e. The molecule has 7 nitrogen and oxygen atoms in total. The van der Waals surface area contributed by atoms with Gasteiger partial charge in [0.25, 0.3) is 15.9 Å². The van der Waals surface area contributed by atoms with Crippen LogP contribution in [-0.4, -0.2) is 29.8 Å². The number of nitrogens with zero attached hydrogens (tertiary/aromatic N) is 3. The fourth-order valence-electron chi connectivity index (χ4n) is 5.42. The van der Waals surface area contributed by atoms with E-state index in [-0.39, 0.29) is 13.0 Å². The molecule has 0 spiro atoms. The van der Waals surface area contributed by atoms with Crippen molar-refractivity contribution in [3.8, 4) is 16.9 Å². The van der Waals surface area contributed by atoms with Crippen LogP contribution in [0.2, 0.25) is 0 Å². The first-order valence-corrected chi connectivity index (χ1v) is 15.7. The first-order valence-electron chi connectivity index (χ1n) is 14.1. The molecule has 226 valence electrons. The van der Waals surface area contributed by atoms with E-state index in [9.17, 15) is 21.6 Å². The van der Waals surface area contributed by atoms with Crippen LogP contribution >= 0.6 is 0 Å². The molecule has 0 saturated carbocycles. The number of benzene rings is 3. The average Bonchev–Trinajstić information content (AvgIpc) is 3.48. The smallest absolute Gasteiger partial charge is 0.416 e. The lowest BCUT2D eigenvalue weighted by Crippen LogP contribution is -2.35. The Morgan fingerprint density at radius 1 is 0.977 bits per heavy atom. The summed E-state index contributed by atoms with van der Waals surface area (Å²) in [6.07, 6.45) is 1.46. The van der Waals surface area contributed by atoms with Gasteiger partial charge in [-0.1, -0.05) is 36.4 Å². The van der Waals surface area contributed by atoms with E-state index in [2.05, 4.69) is 23.1 Å². The zero-order chi connectivity index (χ0) is 30.8. The van der Waals surface area contributed by atoms with Gasteiger partial charge in [0.15, 0.2) is 16.8 Å². The van der Waals surface area contributed by atoms with E-state index in [4.69, 9.17) is 9.29 Å². The Morgan fingerprint density at radius 2 is 1.74 bits per heavy atom. The molecule has 0 atom stereocenters. The molecule has 11 heteroatoms. The summed E-state index contributed by atoms with van der Waals surface area (Å²) in [6.45, 7) is 5.37. The molecule has 0 saturated heterocycles. The number of rotatable bonds is 10. The van der Waals surface area contributed by atoms with Gasteiger partial charge in [-0.25, -0.2) is 9.13 Å². The van der Waals surface area contributed by atoms with Crippen molar-refractivity contribution in [1.82, 2.24) is 4.57 Å². The third kappa shape index (κ3) is 6.62. The Morgan fingerprint density at radius 3 is 2.42 bits per heavy atom. The molecular weight excluding hydrogens is 579 g/mol.